The number of anilines is 1. The first kappa shape index (κ1) is 40.3. The Hall–Kier alpha value is -6.90. The van der Waals surface area contributed by atoms with Gasteiger partial charge in [-0.1, -0.05) is 91.0 Å². The number of esters is 5. The van der Waals surface area contributed by atoms with Gasteiger partial charge in [0.1, 0.15) is 18.6 Å². The van der Waals surface area contributed by atoms with Gasteiger partial charge in [0.05, 0.1) is 17.3 Å². The van der Waals surface area contributed by atoms with Crippen molar-refractivity contribution in [3.63, 3.8) is 0 Å². The van der Waals surface area contributed by atoms with E-state index >= 15 is 0 Å². The van der Waals surface area contributed by atoms with Crippen LogP contribution in [0.25, 0.3) is 33.4 Å². The number of carbonyl (C=O) groups excluding carboxylic acids is 5. The maximum atomic E-state index is 12.5. The zero-order valence-corrected chi connectivity index (χ0v) is 31.4. The summed E-state index contributed by atoms with van der Waals surface area (Å²) in [5, 5.41) is 5.01. The minimum absolute atomic E-state index is 0.281. The van der Waals surface area contributed by atoms with Gasteiger partial charge in [0.2, 0.25) is 0 Å². The molecule has 0 unspecified atom stereocenters. The molecule has 0 saturated heterocycles. The first-order valence-electron chi connectivity index (χ1n) is 17.6. The number of hydrogen-bond acceptors (Lipinski definition) is 14. The molecule has 0 bridgehead atoms. The third-order valence-electron chi connectivity index (χ3n) is 8.21. The third kappa shape index (κ3) is 10.4. The van der Waals surface area contributed by atoms with E-state index in [0.717, 1.165) is 68.8 Å². The Balaban J connectivity index is 1.65. The number of nitrogens with zero attached hydrogens (tertiary/aromatic N) is 4. The molecule has 5 rings (SSSR count). The van der Waals surface area contributed by atoms with Crippen LogP contribution in [0.4, 0.5) is 5.82 Å². The molecule has 0 aliphatic carbocycles. The molecule has 1 N–H and O–H groups in total. The molecule has 0 amide bonds. The summed E-state index contributed by atoms with van der Waals surface area (Å²) in [4.78, 5) is 70.4. The van der Waals surface area contributed by atoms with Crippen molar-refractivity contribution in [1.29, 1.82) is 0 Å². The summed E-state index contributed by atoms with van der Waals surface area (Å²) in [5.41, 5.74) is 8.10. The Labute approximate surface area is 322 Å². The smallest absolute Gasteiger partial charge is 0.303 e. The molecule has 56 heavy (non-hydrogen) atoms. The summed E-state index contributed by atoms with van der Waals surface area (Å²) in [6, 6.07) is 29.6. The average Bonchev–Trinajstić information content (AvgIpc) is 3.49. The van der Waals surface area contributed by atoms with E-state index in [4.69, 9.17) is 28.7 Å². The highest BCUT2D eigenvalue weighted by Crippen LogP contribution is 2.43. The number of aromatic nitrogens is 3. The first-order chi connectivity index (χ1) is 26.9. The van der Waals surface area contributed by atoms with E-state index in [2.05, 4.69) is 20.1 Å². The van der Waals surface area contributed by atoms with Crippen molar-refractivity contribution in [2.75, 3.05) is 12.0 Å². The number of carbonyl (C=O) groups is 5. The summed E-state index contributed by atoms with van der Waals surface area (Å²) in [6.07, 6.45) is -3.79. The minimum Gasteiger partial charge on any atom is -0.462 e. The van der Waals surface area contributed by atoms with Crippen LogP contribution < -0.4 is 5.43 Å². The Morgan fingerprint density at radius 1 is 0.679 bits per heavy atom. The summed E-state index contributed by atoms with van der Waals surface area (Å²) < 4.78 is 29.1. The first-order valence-corrected chi connectivity index (χ1v) is 17.6. The van der Waals surface area contributed by atoms with Crippen molar-refractivity contribution in [2.24, 2.45) is 5.10 Å². The highest BCUT2D eigenvalue weighted by atomic mass is 16.6. The normalized spacial score (nSPS) is 13.2. The molecule has 15 nitrogen and oxygen atoms in total. The van der Waals surface area contributed by atoms with Gasteiger partial charge in [-0.15, -0.1) is 0 Å². The molecule has 4 atom stereocenters. The van der Waals surface area contributed by atoms with E-state index < -0.39 is 60.9 Å². The lowest BCUT2D eigenvalue weighted by atomic mass is 9.99. The average molecular weight is 764 g/mol. The molecule has 0 spiro atoms. The fraction of sp³-hybridized carbons (Fsp3) is 0.268. The number of rotatable bonds is 16. The quantitative estimate of drug-likeness (QED) is 0.0575. The van der Waals surface area contributed by atoms with Gasteiger partial charge in [-0.05, 0) is 16.7 Å². The standard InChI is InChI=1S/C41H41N5O10/c1-25(47)52-23-34(54-27(3)49)39(56-29(5)51)38(55-28(4)50)33(53-26(2)48)21-44-45-40-36-35(31-17-11-7-12-18-31)37(32-19-13-8-14-20-32)46(41(36)43-24-42-40)22-30-15-9-6-10-16-30/h6-21,24,33-34,38-39H,22-23H2,1-5H3,(H,42,43,45)/b44-21+/t33-,34+,38+,39+/m0/s1. The van der Waals surface area contributed by atoms with Gasteiger partial charge in [0.25, 0.3) is 0 Å². The van der Waals surface area contributed by atoms with Crippen molar-refractivity contribution in [3.8, 4) is 22.4 Å². The van der Waals surface area contributed by atoms with Gasteiger partial charge in [-0.2, -0.15) is 5.10 Å². The lowest BCUT2D eigenvalue weighted by Gasteiger charge is -2.34. The van der Waals surface area contributed by atoms with E-state index in [1.165, 1.54) is 6.33 Å². The molecule has 0 aliphatic rings. The van der Waals surface area contributed by atoms with Crippen LogP contribution in [0, 0.1) is 0 Å². The Morgan fingerprint density at radius 2 is 1.23 bits per heavy atom. The highest BCUT2D eigenvalue weighted by molar-refractivity contribution is 6.08. The minimum atomic E-state index is -1.65. The topological polar surface area (TPSA) is 187 Å². The predicted molar refractivity (Wildman–Crippen MR) is 205 cm³/mol. The van der Waals surface area contributed by atoms with Gasteiger partial charge >= 0.3 is 29.8 Å². The number of nitrogens with one attached hydrogen (secondary N) is 1. The van der Waals surface area contributed by atoms with Crippen LogP contribution in [0.1, 0.15) is 40.2 Å². The molecule has 0 radical (unpaired) electrons. The van der Waals surface area contributed by atoms with Crippen LogP contribution >= 0.6 is 0 Å². The van der Waals surface area contributed by atoms with E-state index in [0.29, 0.717) is 17.6 Å². The van der Waals surface area contributed by atoms with Crippen molar-refractivity contribution in [2.45, 2.75) is 65.6 Å². The molecule has 0 saturated carbocycles. The van der Waals surface area contributed by atoms with Crippen LogP contribution in [-0.4, -0.2) is 81.6 Å². The molecule has 3 aromatic carbocycles. The third-order valence-corrected chi connectivity index (χ3v) is 8.21. The Bertz CT molecular complexity index is 2190. The van der Waals surface area contributed by atoms with Gasteiger partial charge in [-0.3, -0.25) is 29.4 Å². The molecular formula is C41H41N5O10. The van der Waals surface area contributed by atoms with Gasteiger partial charge in [0.15, 0.2) is 30.2 Å². The van der Waals surface area contributed by atoms with Crippen molar-refractivity contribution >= 4 is 52.9 Å². The van der Waals surface area contributed by atoms with Crippen molar-refractivity contribution in [3.05, 3.63) is 103 Å². The monoisotopic (exact) mass is 763 g/mol. The number of hydrazone groups is 1. The zero-order chi connectivity index (χ0) is 40.2. The second-order valence-corrected chi connectivity index (χ2v) is 12.5. The van der Waals surface area contributed by atoms with E-state index in [1.807, 2.05) is 91.0 Å². The second-order valence-electron chi connectivity index (χ2n) is 12.5. The van der Waals surface area contributed by atoms with E-state index in [1.54, 1.807) is 0 Å². The number of ether oxygens (including phenoxy) is 5. The van der Waals surface area contributed by atoms with Gasteiger partial charge in [0, 0.05) is 46.7 Å². The maximum Gasteiger partial charge on any atom is 0.303 e. The lowest BCUT2D eigenvalue weighted by Crippen LogP contribution is -2.53. The molecule has 2 heterocycles. The fourth-order valence-corrected chi connectivity index (χ4v) is 6.17. The summed E-state index contributed by atoms with van der Waals surface area (Å²) >= 11 is 0. The molecule has 0 fully saturated rings. The summed E-state index contributed by atoms with van der Waals surface area (Å²) in [6.45, 7) is 5.37. The molecule has 290 valence electrons. The van der Waals surface area contributed by atoms with Crippen LogP contribution in [-0.2, 0) is 54.2 Å². The van der Waals surface area contributed by atoms with Crippen LogP contribution in [0.2, 0.25) is 0 Å². The summed E-state index contributed by atoms with van der Waals surface area (Å²) in [5.74, 6) is -3.81. The lowest BCUT2D eigenvalue weighted by molar-refractivity contribution is -0.197. The Kier molecular flexibility index (Phi) is 13.6. The van der Waals surface area contributed by atoms with Crippen molar-refractivity contribution < 1.29 is 47.7 Å². The van der Waals surface area contributed by atoms with E-state index in [-0.39, 0.29) is 5.82 Å². The van der Waals surface area contributed by atoms with Gasteiger partial charge < -0.3 is 28.3 Å². The predicted octanol–water partition coefficient (Wildman–Crippen LogP) is 5.50. The molecular weight excluding hydrogens is 722 g/mol. The molecule has 2 aromatic heterocycles. The van der Waals surface area contributed by atoms with Crippen LogP contribution in [0.15, 0.2) is 102 Å². The SMILES string of the molecule is CC(=O)OC[C@@H](OC(C)=O)[C@@H](OC(C)=O)[C@H](OC(C)=O)[C@H](/C=N/Nc1ncnc2c1c(-c1ccccc1)c(-c1ccccc1)n2Cc1ccccc1)OC(C)=O. The number of hydrogen-bond donors (Lipinski definition) is 1. The van der Waals surface area contributed by atoms with Crippen molar-refractivity contribution in [1.82, 2.24) is 14.5 Å². The zero-order valence-electron chi connectivity index (χ0n) is 31.4. The fourth-order valence-electron chi connectivity index (χ4n) is 6.17. The largest absolute Gasteiger partial charge is 0.462 e. The molecule has 15 heteroatoms. The second kappa shape index (κ2) is 18.9. The number of fused-ring (bicyclic) bond motifs is 1. The van der Waals surface area contributed by atoms with E-state index in [9.17, 15) is 24.0 Å². The van der Waals surface area contributed by atoms with Crippen LogP contribution in [0.3, 0.4) is 0 Å². The molecule has 0 aliphatic heterocycles. The highest BCUT2D eigenvalue weighted by Gasteiger charge is 2.43. The number of benzene rings is 3. The maximum absolute atomic E-state index is 12.5. The summed E-state index contributed by atoms with van der Waals surface area (Å²) in [7, 11) is 0. The van der Waals surface area contributed by atoms with Gasteiger partial charge in [-0.25, -0.2) is 9.97 Å². The van der Waals surface area contributed by atoms with Crippen LogP contribution in [0.5, 0.6) is 0 Å². The Morgan fingerprint density at radius 3 is 1.80 bits per heavy atom. The molecule has 5 aromatic rings.